The number of hydrogen-bond donors (Lipinski definition) is 2. The van der Waals surface area contributed by atoms with Gasteiger partial charge in [-0.15, -0.1) is 0 Å². The molecule has 1 aromatic carbocycles. The van der Waals surface area contributed by atoms with Crippen LogP contribution in [0.5, 0.6) is 11.5 Å². The molecule has 1 rings (SSSR count). The van der Waals surface area contributed by atoms with E-state index in [1.54, 1.807) is 13.2 Å². The van der Waals surface area contributed by atoms with E-state index in [4.69, 9.17) is 15.2 Å². The van der Waals surface area contributed by atoms with Gasteiger partial charge in [0.05, 0.1) is 11.6 Å². The van der Waals surface area contributed by atoms with Gasteiger partial charge < -0.3 is 20.5 Å². The standard InChI is InChI=1S/C12H17BrN2O3/c1-3-15-11(16)7-18-12-9(13)4-8(6-14)5-10(12)17-2/h4-5H,3,6-7,14H2,1-2H3,(H,15,16). The highest BCUT2D eigenvalue weighted by Gasteiger charge is 2.12. The maximum Gasteiger partial charge on any atom is 0.257 e. The fraction of sp³-hybridized carbons (Fsp3) is 0.417. The summed E-state index contributed by atoms with van der Waals surface area (Å²) in [5.74, 6) is 0.879. The number of likely N-dealkylation sites (N-methyl/N-ethyl adjacent to an activating group) is 1. The number of hydrogen-bond acceptors (Lipinski definition) is 4. The number of nitrogens with two attached hydrogens (primary N) is 1. The van der Waals surface area contributed by atoms with Crippen LogP contribution in [0.4, 0.5) is 0 Å². The smallest absolute Gasteiger partial charge is 0.257 e. The Balaban J connectivity index is 2.84. The average Bonchev–Trinajstić information content (AvgIpc) is 2.36. The lowest BCUT2D eigenvalue weighted by atomic mass is 10.2. The molecule has 18 heavy (non-hydrogen) atoms. The zero-order valence-corrected chi connectivity index (χ0v) is 12.0. The van der Waals surface area contributed by atoms with Gasteiger partial charge in [-0.2, -0.15) is 0 Å². The Labute approximate surface area is 115 Å². The Morgan fingerprint density at radius 1 is 1.50 bits per heavy atom. The van der Waals surface area contributed by atoms with E-state index in [-0.39, 0.29) is 12.5 Å². The SMILES string of the molecule is CCNC(=O)COc1c(Br)cc(CN)cc1OC. The van der Waals surface area contributed by atoms with Crippen LogP contribution in [-0.4, -0.2) is 26.2 Å². The van der Waals surface area contributed by atoms with Gasteiger partial charge >= 0.3 is 0 Å². The highest BCUT2D eigenvalue weighted by molar-refractivity contribution is 9.10. The minimum atomic E-state index is -0.172. The molecule has 1 aromatic rings. The summed E-state index contributed by atoms with van der Waals surface area (Å²) in [6.07, 6.45) is 0. The van der Waals surface area contributed by atoms with Crippen LogP contribution in [0.1, 0.15) is 12.5 Å². The molecule has 0 aliphatic carbocycles. The molecule has 0 heterocycles. The van der Waals surface area contributed by atoms with E-state index in [0.717, 1.165) is 5.56 Å². The third-order valence-corrected chi connectivity index (χ3v) is 2.84. The summed E-state index contributed by atoms with van der Waals surface area (Å²) >= 11 is 3.38. The van der Waals surface area contributed by atoms with Crippen molar-refractivity contribution in [3.8, 4) is 11.5 Å². The van der Waals surface area contributed by atoms with Gasteiger partial charge in [0.15, 0.2) is 18.1 Å². The zero-order valence-electron chi connectivity index (χ0n) is 10.5. The Morgan fingerprint density at radius 3 is 2.78 bits per heavy atom. The number of benzene rings is 1. The fourth-order valence-electron chi connectivity index (χ4n) is 1.42. The lowest BCUT2D eigenvalue weighted by molar-refractivity contribution is -0.123. The minimum absolute atomic E-state index is 0.0508. The van der Waals surface area contributed by atoms with Crippen LogP contribution >= 0.6 is 15.9 Å². The highest BCUT2D eigenvalue weighted by Crippen LogP contribution is 2.36. The van der Waals surface area contributed by atoms with Crippen molar-refractivity contribution in [2.24, 2.45) is 5.73 Å². The van der Waals surface area contributed by atoms with Crippen molar-refractivity contribution in [2.45, 2.75) is 13.5 Å². The number of carbonyl (C=O) groups is 1. The molecule has 100 valence electrons. The molecule has 0 spiro atoms. The first-order valence-electron chi connectivity index (χ1n) is 5.58. The molecule has 1 amide bonds. The van der Waals surface area contributed by atoms with Gasteiger partial charge in [-0.3, -0.25) is 4.79 Å². The summed E-state index contributed by atoms with van der Waals surface area (Å²) in [5.41, 5.74) is 6.49. The average molecular weight is 317 g/mol. The van der Waals surface area contributed by atoms with Gasteiger partial charge in [0.1, 0.15) is 0 Å². The number of amides is 1. The van der Waals surface area contributed by atoms with Crippen molar-refractivity contribution in [1.29, 1.82) is 0 Å². The van der Waals surface area contributed by atoms with Crippen molar-refractivity contribution in [3.05, 3.63) is 22.2 Å². The van der Waals surface area contributed by atoms with Crippen molar-refractivity contribution in [3.63, 3.8) is 0 Å². The predicted octanol–water partition coefficient (Wildman–Crippen LogP) is 1.43. The van der Waals surface area contributed by atoms with Crippen molar-refractivity contribution >= 4 is 21.8 Å². The molecule has 0 bridgehead atoms. The maximum absolute atomic E-state index is 11.3. The highest BCUT2D eigenvalue weighted by atomic mass is 79.9. The summed E-state index contributed by atoms with van der Waals surface area (Å²) in [6.45, 7) is 2.79. The summed E-state index contributed by atoms with van der Waals surface area (Å²) in [6, 6.07) is 3.63. The molecule has 0 aromatic heterocycles. The van der Waals surface area contributed by atoms with Crippen LogP contribution in [0, 0.1) is 0 Å². The van der Waals surface area contributed by atoms with Gasteiger partial charge in [0.25, 0.3) is 5.91 Å². The number of halogens is 1. The summed E-state index contributed by atoms with van der Waals surface area (Å²) in [5, 5.41) is 2.66. The normalized spacial score (nSPS) is 10.0. The van der Waals surface area contributed by atoms with Crippen LogP contribution in [-0.2, 0) is 11.3 Å². The maximum atomic E-state index is 11.3. The molecule has 0 unspecified atom stereocenters. The summed E-state index contributed by atoms with van der Waals surface area (Å²) < 4.78 is 11.4. The third kappa shape index (κ3) is 3.89. The topological polar surface area (TPSA) is 73.6 Å². The van der Waals surface area contributed by atoms with Crippen LogP contribution in [0.3, 0.4) is 0 Å². The molecule has 3 N–H and O–H groups in total. The molecular formula is C12H17BrN2O3. The zero-order chi connectivity index (χ0) is 13.5. The number of carbonyl (C=O) groups excluding carboxylic acids is 1. The first-order chi connectivity index (χ1) is 8.62. The second-order valence-corrected chi connectivity index (χ2v) is 4.41. The molecule has 0 saturated carbocycles. The minimum Gasteiger partial charge on any atom is -0.493 e. The van der Waals surface area contributed by atoms with Gasteiger partial charge in [-0.1, -0.05) is 0 Å². The Morgan fingerprint density at radius 2 is 2.22 bits per heavy atom. The molecule has 0 aliphatic rings. The van der Waals surface area contributed by atoms with Crippen molar-refractivity contribution in [1.82, 2.24) is 5.32 Å². The van der Waals surface area contributed by atoms with Crippen LogP contribution in [0.2, 0.25) is 0 Å². The van der Waals surface area contributed by atoms with Gasteiger partial charge in [-0.25, -0.2) is 0 Å². The summed E-state index contributed by atoms with van der Waals surface area (Å²) in [7, 11) is 1.54. The number of rotatable bonds is 6. The quantitative estimate of drug-likeness (QED) is 0.832. The molecular weight excluding hydrogens is 300 g/mol. The first-order valence-corrected chi connectivity index (χ1v) is 6.37. The molecule has 6 heteroatoms. The van der Waals surface area contributed by atoms with Crippen molar-refractivity contribution < 1.29 is 14.3 Å². The van der Waals surface area contributed by atoms with Gasteiger partial charge in [0.2, 0.25) is 0 Å². The van der Waals surface area contributed by atoms with Gasteiger partial charge in [0, 0.05) is 13.1 Å². The second-order valence-electron chi connectivity index (χ2n) is 3.56. The van der Waals surface area contributed by atoms with E-state index in [1.165, 1.54) is 0 Å². The lowest BCUT2D eigenvalue weighted by Gasteiger charge is -2.13. The Kier molecular flexibility index (Phi) is 5.94. The van der Waals surface area contributed by atoms with E-state index >= 15 is 0 Å². The van der Waals surface area contributed by atoms with Crippen molar-refractivity contribution in [2.75, 3.05) is 20.3 Å². The van der Waals surface area contributed by atoms with E-state index in [2.05, 4.69) is 21.2 Å². The summed E-state index contributed by atoms with van der Waals surface area (Å²) in [4.78, 5) is 11.3. The monoisotopic (exact) mass is 316 g/mol. The third-order valence-electron chi connectivity index (χ3n) is 2.25. The largest absolute Gasteiger partial charge is 0.493 e. The number of nitrogens with one attached hydrogen (secondary N) is 1. The molecule has 0 saturated heterocycles. The number of ether oxygens (including phenoxy) is 2. The van der Waals surface area contributed by atoms with Crippen LogP contribution < -0.4 is 20.5 Å². The van der Waals surface area contributed by atoms with E-state index < -0.39 is 0 Å². The van der Waals surface area contributed by atoms with Crippen LogP contribution in [0.15, 0.2) is 16.6 Å². The number of methoxy groups -OCH3 is 1. The lowest BCUT2D eigenvalue weighted by Crippen LogP contribution is -2.28. The van der Waals surface area contributed by atoms with E-state index in [9.17, 15) is 4.79 Å². The first kappa shape index (κ1) is 14.8. The second kappa shape index (κ2) is 7.23. The van der Waals surface area contributed by atoms with Crippen LogP contribution in [0.25, 0.3) is 0 Å². The molecule has 0 aliphatic heterocycles. The molecule has 0 atom stereocenters. The van der Waals surface area contributed by atoms with E-state index in [0.29, 0.717) is 29.1 Å². The van der Waals surface area contributed by atoms with E-state index in [1.807, 2.05) is 13.0 Å². The predicted molar refractivity (Wildman–Crippen MR) is 72.8 cm³/mol. The Hall–Kier alpha value is -1.27. The van der Waals surface area contributed by atoms with Gasteiger partial charge in [-0.05, 0) is 40.5 Å². The molecule has 0 radical (unpaired) electrons. The molecule has 0 fully saturated rings. The molecule has 5 nitrogen and oxygen atoms in total. The Bertz CT molecular complexity index is 424. The fourth-order valence-corrected chi connectivity index (χ4v) is 2.02.